The molecule has 3 heterocycles. The summed E-state index contributed by atoms with van der Waals surface area (Å²) in [5.74, 6) is 1.00. The summed E-state index contributed by atoms with van der Waals surface area (Å²) in [4.78, 5) is 21.3. The van der Waals surface area contributed by atoms with Gasteiger partial charge in [-0.25, -0.2) is 4.98 Å². The Balaban J connectivity index is 1.78. The van der Waals surface area contributed by atoms with Crippen LogP contribution >= 0.6 is 0 Å². The topological polar surface area (TPSA) is 72.7 Å². The lowest BCUT2D eigenvalue weighted by atomic mass is 10.1. The maximum atomic E-state index is 12.5. The number of hydrogen-bond donors (Lipinski definition) is 1. The molecule has 0 unspecified atom stereocenters. The average Bonchev–Trinajstić information content (AvgIpc) is 3.03. The molecule has 0 aliphatic carbocycles. The van der Waals surface area contributed by atoms with Crippen molar-refractivity contribution >= 4 is 22.6 Å². The molecule has 1 amide bonds. The number of carbonyl (C=O) groups excluding carboxylic acids is 1. The summed E-state index contributed by atoms with van der Waals surface area (Å²) >= 11 is 0. The predicted octanol–water partition coefficient (Wildman–Crippen LogP) is 3.99. The number of hydrogen-bond acceptors (Lipinski definition) is 4. The van der Waals surface area contributed by atoms with Gasteiger partial charge in [-0.3, -0.25) is 9.78 Å². The van der Waals surface area contributed by atoms with E-state index in [2.05, 4.69) is 28.4 Å². The second-order valence-corrected chi connectivity index (χ2v) is 6.55. The van der Waals surface area contributed by atoms with Crippen LogP contribution in [0.2, 0.25) is 0 Å². The van der Waals surface area contributed by atoms with Gasteiger partial charge in [-0.05, 0) is 50.1 Å². The van der Waals surface area contributed by atoms with E-state index in [1.807, 2.05) is 38.1 Å². The molecule has 1 aromatic carbocycles. The standard InChI is InChI=1S/C21H19N5O/c1-13-6-4-8-17-14(2)10-18(23-20(13)17)26-19(11-15(3)25-26)24-21(27)16-7-5-9-22-12-16/h4-12H,1-3H3,(H,24,27). The first kappa shape index (κ1) is 16.9. The number of aryl methyl sites for hydroxylation is 3. The Morgan fingerprint density at radius 3 is 2.67 bits per heavy atom. The quantitative estimate of drug-likeness (QED) is 0.602. The van der Waals surface area contributed by atoms with Crippen molar-refractivity contribution in [2.45, 2.75) is 20.8 Å². The summed E-state index contributed by atoms with van der Waals surface area (Å²) in [5, 5.41) is 8.55. The van der Waals surface area contributed by atoms with Gasteiger partial charge in [0.15, 0.2) is 5.82 Å². The largest absolute Gasteiger partial charge is 0.306 e. The number of fused-ring (bicyclic) bond motifs is 1. The van der Waals surface area contributed by atoms with Gasteiger partial charge in [-0.2, -0.15) is 9.78 Å². The molecule has 27 heavy (non-hydrogen) atoms. The van der Waals surface area contributed by atoms with Crippen LogP contribution in [0.4, 0.5) is 5.82 Å². The van der Waals surface area contributed by atoms with Crippen LogP contribution in [0.15, 0.2) is 54.9 Å². The highest BCUT2D eigenvalue weighted by molar-refractivity contribution is 6.03. The molecule has 0 fully saturated rings. The lowest BCUT2D eigenvalue weighted by molar-refractivity contribution is 0.102. The molecule has 0 spiro atoms. The molecule has 134 valence electrons. The van der Waals surface area contributed by atoms with Crippen LogP contribution < -0.4 is 5.32 Å². The zero-order chi connectivity index (χ0) is 19.0. The fourth-order valence-corrected chi connectivity index (χ4v) is 3.10. The van der Waals surface area contributed by atoms with Crippen molar-refractivity contribution in [2.75, 3.05) is 5.32 Å². The lowest BCUT2D eigenvalue weighted by Crippen LogP contribution is -2.16. The molecule has 0 atom stereocenters. The maximum absolute atomic E-state index is 12.5. The van der Waals surface area contributed by atoms with Crippen LogP contribution in [0.25, 0.3) is 16.7 Å². The van der Waals surface area contributed by atoms with Crippen molar-refractivity contribution in [2.24, 2.45) is 0 Å². The third-order valence-corrected chi connectivity index (χ3v) is 4.45. The predicted molar refractivity (Wildman–Crippen MR) is 105 cm³/mol. The van der Waals surface area contributed by atoms with E-state index in [1.54, 1.807) is 23.0 Å². The molecule has 0 bridgehead atoms. The number of nitrogens with one attached hydrogen (secondary N) is 1. The van der Waals surface area contributed by atoms with Crippen LogP contribution in [-0.2, 0) is 0 Å². The minimum atomic E-state index is -0.238. The zero-order valence-electron chi connectivity index (χ0n) is 15.4. The van der Waals surface area contributed by atoms with Crippen LogP contribution in [0.1, 0.15) is 27.2 Å². The summed E-state index contributed by atoms with van der Waals surface area (Å²) in [5.41, 5.74) is 4.42. The Morgan fingerprint density at radius 2 is 1.89 bits per heavy atom. The minimum Gasteiger partial charge on any atom is -0.306 e. The summed E-state index contributed by atoms with van der Waals surface area (Å²) in [6.45, 7) is 5.98. The zero-order valence-corrected chi connectivity index (χ0v) is 15.4. The number of para-hydroxylation sites is 1. The second kappa shape index (κ2) is 6.64. The van der Waals surface area contributed by atoms with Crippen LogP contribution in [-0.4, -0.2) is 25.7 Å². The lowest BCUT2D eigenvalue weighted by Gasteiger charge is -2.11. The molecule has 0 aliphatic rings. The number of carbonyl (C=O) groups is 1. The maximum Gasteiger partial charge on any atom is 0.258 e. The Labute approximate surface area is 156 Å². The van der Waals surface area contributed by atoms with E-state index in [9.17, 15) is 4.79 Å². The van der Waals surface area contributed by atoms with Crippen molar-refractivity contribution < 1.29 is 4.79 Å². The van der Waals surface area contributed by atoms with Crippen molar-refractivity contribution in [1.82, 2.24) is 19.7 Å². The Morgan fingerprint density at radius 1 is 1.04 bits per heavy atom. The first-order valence-corrected chi connectivity index (χ1v) is 8.68. The van der Waals surface area contributed by atoms with E-state index in [0.717, 1.165) is 27.7 Å². The summed E-state index contributed by atoms with van der Waals surface area (Å²) < 4.78 is 1.67. The number of amides is 1. The van der Waals surface area contributed by atoms with Crippen LogP contribution in [0.5, 0.6) is 0 Å². The number of nitrogens with zero attached hydrogens (tertiary/aromatic N) is 4. The normalized spacial score (nSPS) is 10.9. The fraction of sp³-hybridized carbons (Fsp3) is 0.143. The van der Waals surface area contributed by atoms with Gasteiger partial charge in [0, 0.05) is 23.8 Å². The van der Waals surface area contributed by atoms with Crippen LogP contribution in [0.3, 0.4) is 0 Å². The van der Waals surface area contributed by atoms with E-state index in [0.29, 0.717) is 17.2 Å². The highest BCUT2D eigenvalue weighted by atomic mass is 16.1. The van der Waals surface area contributed by atoms with E-state index < -0.39 is 0 Å². The number of anilines is 1. The molecule has 0 saturated heterocycles. The fourth-order valence-electron chi connectivity index (χ4n) is 3.10. The summed E-state index contributed by atoms with van der Waals surface area (Å²) in [7, 11) is 0. The molecular weight excluding hydrogens is 338 g/mol. The van der Waals surface area contributed by atoms with Gasteiger partial charge < -0.3 is 5.32 Å². The first-order chi connectivity index (χ1) is 13.0. The first-order valence-electron chi connectivity index (χ1n) is 8.68. The SMILES string of the molecule is Cc1cc(NC(=O)c2cccnc2)n(-c2cc(C)c3cccc(C)c3n2)n1. The molecule has 4 rings (SSSR count). The number of aromatic nitrogens is 4. The Bertz CT molecular complexity index is 1150. The molecular formula is C21H19N5O. The second-order valence-electron chi connectivity index (χ2n) is 6.55. The Kier molecular flexibility index (Phi) is 4.16. The van der Waals surface area contributed by atoms with Gasteiger partial charge in [0.05, 0.1) is 16.8 Å². The Hall–Kier alpha value is -3.54. The highest BCUT2D eigenvalue weighted by Crippen LogP contribution is 2.24. The van der Waals surface area contributed by atoms with E-state index >= 15 is 0 Å². The number of benzene rings is 1. The van der Waals surface area contributed by atoms with Crippen molar-refractivity contribution in [3.8, 4) is 5.82 Å². The summed E-state index contributed by atoms with van der Waals surface area (Å²) in [6, 6.07) is 13.4. The molecule has 3 aromatic heterocycles. The van der Waals surface area contributed by atoms with E-state index in [-0.39, 0.29) is 5.91 Å². The molecule has 0 aliphatic heterocycles. The molecule has 0 radical (unpaired) electrons. The molecule has 6 nitrogen and oxygen atoms in total. The van der Waals surface area contributed by atoms with Gasteiger partial charge in [0.1, 0.15) is 5.82 Å². The molecule has 6 heteroatoms. The van der Waals surface area contributed by atoms with Gasteiger partial charge >= 0.3 is 0 Å². The summed E-state index contributed by atoms with van der Waals surface area (Å²) in [6.07, 6.45) is 3.17. The van der Waals surface area contributed by atoms with Crippen molar-refractivity contribution in [3.63, 3.8) is 0 Å². The minimum absolute atomic E-state index is 0.238. The van der Waals surface area contributed by atoms with E-state index in [1.165, 1.54) is 6.20 Å². The number of rotatable bonds is 3. The molecule has 4 aromatic rings. The van der Waals surface area contributed by atoms with Crippen molar-refractivity contribution in [1.29, 1.82) is 0 Å². The average molecular weight is 357 g/mol. The third-order valence-electron chi connectivity index (χ3n) is 4.45. The molecule has 0 saturated carbocycles. The number of pyridine rings is 2. The van der Waals surface area contributed by atoms with E-state index in [4.69, 9.17) is 4.98 Å². The van der Waals surface area contributed by atoms with Gasteiger partial charge in [0.25, 0.3) is 5.91 Å². The monoisotopic (exact) mass is 357 g/mol. The van der Waals surface area contributed by atoms with Gasteiger partial charge in [0.2, 0.25) is 0 Å². The van der Waals surface area contributed by atoms with Crippen molar-refractivity contribution in [3.05, 3.63) is 77.2 Å². The smallest absolute Gasteiger partial charge is 0.258 e. The van der Waals surface area contributed by atoms with Gasteiger partial charge in [-0.15, -0.1) is 0 Å². The van der Waals surface area contributed by atoms with Crippen LogP contribution in [0, 0.1) is 20.8 Å². The third kappa shape index (κ3) is 3.17. The highest BCUT2D eigenvalue weighted by Gasteiger charge is 2.15. The van der Waals surface area contributed by atoms with Gasteiger partial charge in [-0.1, -0.05) is 18.2 Å². The molecule has 1 N–H and O–H groups in total.